The van der Waals surface area contributed by atoms with Crippen LogP contribution in [0.3, 0.4) is 0 Å². The number of aromatic nitrogens is 2. The molecule has 1 fully saturated rings. The van der Waals surface area contributed by atoms with Crippen LogP contribution in [-0.4, -0.2) is 27.9 Å². The van der Waals surface area contributed by atoms with Crippen LogP contribution >= 0.6 is 0 Å². The van der Waals surface area contributed by atoms with Crippen molar-refractivity contribution in [3.05, 3.63) is 29.5 Å². The van der Waals surface area contributed by atoms with Gasteiger partial charge in [0.1, 0.15) is 0 Å². The molecule has 5 nitrogen and oxygen atoms in total. The number of aliphatic hydroxyl groups is 1. The highest BCUT2D eigenvalue weighted by Gasteiger charge is 2.22. The number of benzene rings is 1. The number of hydrogen-bond acceptors (Lipinski definition) is 4. The Morgan fingerprint density at radius 3 is 3.11 bits per heavy atom. The Morgan fingerprint density at radius 2 is 2.39 bits per heavy atom. The van der Waals surface area contributed by atoms with Gasteiger partial charge >= 0.3 is 0 Å². The van der Waals surface area contributed by atoms with Crippen molar-refractivity contribution in [3.8, 4) is 6.07 Å². The molecule has 0 spiro atoms. The number of aromatic amines is 1. The molecule has 18 heavy (non-hydrogen) atoms. The first-order valence-corrected chi connectivity index (χ1v) is 6.06. The van der Waals surface area contributed by atoms with Crippen molar-refractivity contribution in [2.45, 2.75) is 25.0 Å². The highest BCUT2D eigenvalue weighted by molar-refractivity contribution is 5.83. The summed E-state index contributed by atoms with van der Waals surface area (Å²) in [5.74, 6) is 0. The first-order chi connectivity index (χ1) is 8.78. The quantitative estimate of drug-likeness (QED) is 0.752. The number of rotatable bonds is 4. The largest absolute Gasteiger partial charge is 0.387 e. The number of H-pyrrole nitrogens is 1. The first kappa shape index (κ1) is 11.2. The van der Waals surface area contributed by atoms with Crippen molar-refractivity contribution >= 4 is 10.9 Å². The van der Waals surface area contributed by atoms with Crippen LogP contribution in [0.25, 0.3) is 10.9 Å². The Kier molecular flexibility index (Phi) is 2.74. The zero-order valence-corrected chi connectivity index (χ0v) is 9.85. The lowest BCUT2D eigenvalue weighted by Crippen LogP contribution is -2.23. The van der Waals surface area contributed by atoms with E-state index < -0.39 is 6.10 Å². The van der Waals surface area contributed by atoms with Gasteiger partial charge in [-0.25, -0.2) is 0 Å². The van der Waals surface area contributed by atoms with Crippen molar-refractivity contribution in [2.75, 3.05) is 6.54 Å². The third kappa shape index (κ3) is 2.08. The van der Waals surface area contributed by atoms with Crippen LogP contribution in [0, 0.1) is 11.3 Å². The molecule has 1 aromatic carbocycles. The van der Waals surface area contributed by atoms with Crippen LogP contribution in [0.1, 0.15) is 30.1 Å². The zero-order valence-electron chi connectivity index (χ0n) is 9.85. The van der Waals surface area contributed by atoms with E-state index in [1.165, 1.54) is 12.8 Å². The Morgan fingerprint density at radius 1 is 1.56 bits per heavy atom. The second-order valence-corrected chi connectivity index (χ2v) is 4.71. The van der Waals surface area contributed by atoms with Crippen LogP contribution in [0.5, 0.6) is 0 Å². The van der Waals surface area contributed by atoms with Crippen molar-refractivity contribution in [3.63, 3.8) is 0 Å². The second-order valence-electron chi connectivity index (χ2n) is 4.71. The fourth-order valence-electron chi connectivity index (χ4n) is 2.09. The fourth-order valence-corrected chi connectivity index (χ4v) is 2.09. The summed E-state index contributed by atoms with van der Waals surface area (Å²) in [5, 5.41) is 30.2. The van der Waals surface area contributed by atoms with Crippen molar-refractivity contribution < 1.29 is 5.11 Å². The van der Waals surface area contributed by atoms with E-state index in [0.29, 0.717) is 18.2 Å². The number of nitrogens with one attached hydrogen (secondary N) is 2. The second kappa shape index (κ2) is 4.41. The van der Waals surface area contributed by atoms with E-state index in [1.807, 2.05) is 0 Å². The summed E-state index contributed by atoms with van der Waals surface area (Å²) in [4.78, 5) is 0. The van der Waals surface area contributed by atoms with Gasteiger partial charge in [0.05, 0.1) is 29.5 Å². The molecule has 3 rings (SSSR count). The average Bonchev–Trinajstić information content (AvgIpc) is 3.10. The van der Waals surface area contributed by atoms with Crippen LogP contribution in [-0.2, 0) is 0 Å². The predicted molar refractivity (Wildman–Crippen MR) is 66.8 cm³/mol. The van der Waals surface area contributed by atoms with Crippen molar-refractivity contribution in [2.24, 2.45) is 0 Å². The molecule has 1 atom stereocenters. The van der Waals surface area contributed by atoms with Crippen LogP contribution < -0.4 is 5.32 Å². The van der Waals surface area contributed by atoms with Gasteiger partial charge in [-0.3, -0.25) is 5.10 Å². The van der Waals surface area contributed by atoms with E-state index in [2.05, 4.69) is 21.6 Å². The molecule has 3 N–H and O–H groups in total. The molecule has 0 aliphatic heterocycles. The van der Waals surface area contributed by atoms with Gasteiger partial charge in [-0.15, -0.1) is 0 Å². The molecule has 0 amide bonds. The third-order valence-electron chi connectivity index (χ3n) is 3.26. The van der Waals surface area contributed by atoms with Crippen molar-refractivity contribution in [1.82, 2.24) is 15.5 Å². The van der Waals surface area contributed by atoms with Gasteiger partial charge in [0.15, 0.2) is 0 Å². The standard InChI is InChI=1S/C13H14N4O/c14-5-8-3-10(11-6-16-17-12(11)4-8)13(18)7-15-9-1-2-9/h3-4,6,9,13,15,18H,1-2,7H2,(H,16,17)/t13-/m0/s1. The summed E-state index contributed by atoms with van der Waals surface area (Å²) < 4.78 is 0. The Bertz CT molecular complexity index is 609. The summed E-state index contributed by atoms with van der Waals surface area (Å²) in [7, 11) is 0. The highest BCUT2D eigenvalue weighted by Crippen LogP contribution is 2.26. The van der Waals surface area contributed by atoms with E-state index in [0.717, 1.165) is 16.5 Å². The minimum absolute atomic E-state index is 0.514. The summed E-state index contributed by atoms with van der Waals surface area (Å²) in [5.41, 5.74) is 2.08. The smallest absolute Gasteiger partial charge is 0.0992 e. The summed E-state index contributed by atoms with van der Waals surface area (Å²) in [6, 6.07) is 6.13. The van der Waals surface area contributed by atoms with Gasteiger partial charge in [-0.1, -0.05) is 0 Å². The highest BCUT2D eigenvalue weighted by atomic mass is 16.3. The molecule has 0 bridgehead atoms. The van der Waals surface area contributed by atoms with E-state index in [4.69, 9.17) is 5.26 Å². The number of fused-ring (bicyclic) bond motifs is 1. The molecule has 1 saturated carbocycles. The normalized spacial score (nSPS) is 16.7. The fraction of sp³-hybridized carbons (Fsp3) is 0.385. The number of aliphatic hydroxyl groups excluding tert-OH is 1. The maximum absolute atomic E-state index is 10.2. The van der Waals surface area contributed by atoms with Crippen LogP contribution in [0.15, 0.2) is 18.3 Å². The predicted octanol–water partition coefficient (Wildman–Crippen LogP) is 1.22. The van der Waals surface area contributed by atoms with E-state index in [9.17, 15) is 5.11 Å². The topological polar surface area (TPSA) is 84.7 Å². The summed E-state index contributed by atoms with van der Waals surface area (Å²) in [6.45, 7) is 0.514. The number of nitriles is 1. The maximum atomic E-state index is 10.2. The number of nitrogens with zero attached hydrogens (tertiary/aromatic N) is 2. The third-order valence-corrected chi connectivity index (χ3v) is 3.26. The zero-order chi connectivity index (χ0) is 12.5. The van der Waals surface area contributed by atoms with Gasteiger partial charge in [0, 0.05) is 18.0 Å². The Labute approximate surface area is 104 Å². The minimum atomic E-state index is -0.612. The lowest BCUT2D eigenvalue weighted by atomic mass is 10.0. The minimum Gasteiger partial charge on any atom is -0.387 e. The maximum Gasteiger partial charge on any atom is 0.0992 e. The van der Waals surface area contributed by atoms with Crippen molar-refractivity contribution in [1.29, 1.82) is 5.26 Å². The molecule has 5 heteroatoms. The number of hydrogen-bond donors (Lipinski definition) is 3. The monoisotopic (exact) mass is 242 g/mol. The molecular weight excluding hydrogens is 228 g/mol. The summed E-state index contributed by atoms with van der Waals surface area (Å²) in [6.07, 6.45) is 3.45. The molecule has 1 heterocycles. The molecule has 2 aromatic rings. The molecule has 1 aromatic heterocycles. The van der Waals surface area contributed by atoms with E-state index in [-0.39, 0.29) is 0 Å². The van der Waals surface area contributed by atoms with Gasteiger partial charge in [-0.05, 0) is 30.5 Å². The van der Waals surface area contributed by atoms with Gasteiger partial charge < -0.3 is 10.4 Å². The first-order valence-electron chi connectivity index (χ1n) is 6.06. The van der Waals surface area contributed by atoms with E-state index >= 15 is 0 Å². The average molecular weight is 242 g/mol. The van der Waals surface area contributed by atoms with Gasteiger partial charge in [-0.2, -0.15) is 10.4 Å². The van der Waals surface area contributed by atoms with Crippen LogP contribution in [0.2, 0.25) is 0 Å². The Hall–Kier alpha value is -1.90. The molecule has 0 radical (unpaired) electrons. The molecule has 0 unspecified atom stereocenters. The Balaban J connectivity index is 1.92. The molecule has 92 valence electrons. The lowest BCUT2D eigenvalue weighted by Gasteiger charge is -2.13. The van der Waals surface area contributed by atoms with Gasteiger partial charge in [0.25, 0.3) is 0 Å². The molecular formula is C13H14N4O. The van der Waals surface area contributed by atoms with Gasteiger partial charge in [0.2, 0.25) is 0 Å². The lowest BCUT2D eigenvalue weighted by molar-refractivity contribution is 0.175. The SMILES string of the molecule is N#Cc1cc([C@@H](O)CNC2CC2)c2cn[nH]c2c1. The molecule has 1 aliphatic rings. The van der Waals surface area contributed by atoms with Crippen LogP contribution in [0.4, 0.5) is 0 Å². The van der Waals surface area contributed by atoms with E-state index in [1.54, 1.807) is 18.3 Å². The molecule has 1 aliphatic carbocycles. The summed E-state index contributed by atoms with van der Waals surface area (Å²) >= 11 is 0. The molecule has 0 saturated heterocycles.